The van der Waals surface area contributed by atoms with Gasteiger partial charge >= 0.3 is 0 Å². The third kappa shape index (κ3) is 7.12. The van der Waals surface area contributed by atoms with Crippen LogP contribution in [-0.4, -0.2) is 47.2 Å². The van der Waals surface area contributed by atoms with Crippen LogP contribution >= 0.6 is 0 Å². The summed E-state index contributed by atoms with van der Waals surface area (Å²) in [7, 11) is -2.31. The second kappa shape index (κ2) is 11.7. The fourth-order valence-electron chi connectivity index (χ4n) is 2.95. The van der Waals surface area contributed by atoms with E-state index in [1.165, 1.54) is 6.07 Å². The Morgan fingerprint density at radius 3 is 2.50 bits per heavy atom. The van der Waals surface area contributed by atoms with E-state index in [4.69, 9.17) is 9.47 Å². The van der Waals surface area contributed by atoms with Crippen LogP contribution in [0.1, 0.15) is 24.5 Å². The molecular weight excluding hydrogens is 404 g/mol. The van der Waals surface area contributed by atoms with Crippen molar-refractivity contribution in [1.29, 1.82) is 0 Å². The van der Waals surface area contributed by atoms with E-state index in [9.17, 15) is 13.2 Å². The summed E-state index contributed by atoms with van der Waals surface area (Å²) < 4.78 is 39.0. The first-order valence-corrected chi connectivity index (χ1v) is 11.4. The minimum atomic E-state index is -3.91. The van der Waals surface area contributed by atoms with Crippen molar-refractivity contribution >= 4 is 15.9 Å². The second-order valence-corrected chi connectivity index (χ2v) is 8.58. The zero-order chi connectivity index (χ0) is 22.0. The molecule has 164 valence electrons. The fourth-order valence-corrected chi connectivity index (χ4v) is 4.23. The number of ether oxygens (including phenoxy) is 2. The highest BCUT2D eigenvalue weighted by Crippen LogP contribution is 2.22. The lowest BCUT2D eigenvalue weighted by molar-refractivity contribution is -0.122. The molecule has 0 aromatic heterocycles. The van der Waals surface area contributed by atoms with E-state index >= 15 is 0 Å². The number of methoxy groups -OCH3 is 1. The van der Waals surface area contributed by atoms with Crippen LogP contribution in [0.2, 0.25) is 0 Å². The molecule has 1 atom stereocenters. The van der Waals surface area contributed by atoms with Gasteiger partial charge in [-0.1, -0.05) is 30.3 Å². The molecule has 2 N–H and O–H groups in total. The van der Waals surface area contributed by atoms with Crippen molar-refractivity contribution in [3.05, 3.63) is 59.7 Å². The topological polar surface area (TPSA) is 93.7 Å². The maximum atomic E-state index is 13.0. The summed E-state index contributed by atoms with van der Waals surface area (Å²) in [6, 6.07) is 13.0. The van der Waals surface area contributed by atoms with Crippen molar-refractivity contribution in [2.45, 2.75) is 37.6 Å². The summed E-state index contributed by atoms with van der Waals surface area (Å²) in [4.78, 5) is 12.8. The Balaban J connectivity index is 2.20. The summed E-state index contributed by atoms with van der Waals surface area (Å²) in [5.41, 5.74) is 1.57. The number of rotatable bonds is 12. The van der Waals surface area contributed by atoms with Crippen molar-refractivity contribution in [2.24, 2.45) is 0 Å². The van der Waals surface area contributed by atoms with Gasteiger partial charge in [0.25, 0.3) is 0 Å². The molecule has 0 unspecified atom stereocenters. The number of hydrogen-bond acceptors (Lipinski definition) is 5. The van der Waals surface area contributed by atoms with Gasteiger partial charge in [-0.3, -0.25) is 4.79 Å². The molecule has 2 rings (SSSR count). The fraction of sp³-hybridized carbons (Fsp3) is 0.409. The van der Waals surface area contributed by atoms with E-state index in [0.717, 1.165) is 5.56 Å². The first-order valence-electron chi connectivity index (χ1n) is 9.93. The minimum absolute atomic E-state index is 0.0914. The molecule has 30 heavy (non-hydrogen) atoms. The first-order chi connectivity index (χ1) is 14.4. The predicted octanol–water partition coefficient (Wildman–Crippen LogP) is 2.44. The van der Waals surface area contributed by atoms with Gasteiger partial charge in [0, 0.05) is 20.3 Å². The van der Waals surface area contributed by atoms with E-state index in [1.54, 1.807) is 26.2 Å². The molecule has 0 bridgehead atoms. The molecule has 1 amide bonds. The molecule has 8 heteroatoms. The monoisotopic (exact) mass is 434 g/mol. The van der Waals surface area contributed by atoms with Crippen molar-refractivity contribution in [2.75, 3.05) is 26.9 Å². The highest BCUT2D eigenvalue weighted by molar-refractivity contribution is 7.89. The number of carbonyl (C=O) groups excluding carboxylic acids is 1. The average Bonchev–Trinajstić information content (AvgIpc) is 2.72. The Kier molecular flexibility index (Phi) is 9.29. The van der Waals surface area contributed by atoms with E-state index < -0.39 is 16.1 Å². The number of benzene rings is 2. The van der Waals surface area contributed by atoms with Crippen LogP contribution in [-0.2, 0) is 26.0 Å². The van der Waals surface area contributed by atoms with Crippen LogP contribution in [0, 0.1) is 6.92 Å². The van der Waals surface area contributed by atoms with Crippen molar-refractivity contribution in [3.63, 3.8) is 0 Å². The lowest BCUT2D eigenvalue weighted by Gasteiger charge is -2.19. The largest absolute Gasteiger partial charge is 0.494 e. The number of sulfonamides is 1. The van der Waals surface area contributed by atoms with Gasteiger partial charge in [0.15, 0.2) is 0 Å². The summed E-state index contributed by atoms with van der Waals surface area (Å²) >= 11 is 0. The smallest absolute Gasteiger partial charge is 0.241 e. The third-order valence-electron chi connectivity index (χ3n) is 4.48. The second-order valence-electron chi connectivity index (χ2n) is 6.86. The Bertz CT molecular complexity index is 916. The molecule has 0 aliphatic heterocycles. The van der Waals surface area contributed by atoms with E-state index in [-0.39, 0.29) is 17.2 Å². The maximum Gasteiger partial charge on any atom is 0.241 e. The van der Waals surface area contributed by atoms with E-state index in [1.807, 2.05) is 37.3 Å². The number of nitrogens with one attached hydrogen (secondary N) is 2. The van der Waals surface area contributed by atoms with Crippen LogP contribution in [0.5, 0.6) is 5.75 Å². The van der Waals surface area contributed by atoms with Crippen molar-refractivity contribution < 1.29 is 22.7 Å². The number of aryl methyl sites for hydroxylation is 1. The number of amides is 1. The number of hydrogen-bond donors (Lipinski definition) is 2. The normalized spacial score (nSPS) is 12.4. The molecule has 2 aromatic rings. The molecule has 0 saturated carbocycles. The summed E-state index contributed by atoms with van der Waals surface area (Å²) in [5, 5.41) is 2.78. The van der Waals surface area contributed by atoms with Gasteiger partial charge in [0.2, 0.25) is 15.9 Å². The van der Waals surface area contributed by atoms with Crippen molar-refractivity contribution in [3.8, 4) is 5.75 Å². The van der Waals surface area contributed by atoms with Crippen molar-refractivity contribution in [1.82, 2.24) is 10.0 Å². The summed E-state index contributed by atoms with van der Waals surface area (Å²) in [5.74, 6) is 0.259. The lowest BCUT2D eigenvalue weighted by Crippen LogP contribution is -2.48. The molecule has 0 aliphatic rings. The molecule has 7 nitrogen and oxygen atoms in total. The van der Waals surface area contributed by atoms with Crippen LogP contribution in [0.15, 0.2) is 53.4 Å². The van der Waals surface area contributed by atoms with Gasteiger partial charge in [-0.15, -0.1) is 0 Å². The average molecular weight is 435 g/mol. The Morgan fingerprint density at radius 2 is 1.87 bits per heavy atom. The van der Waals surface area contributed by atoms with Gasteiger partial charge in [0.05, 0.1) is 11.5 Å². The van der Waals surface area contributed by atoms with Gasteiger partial charge < -0.3 is 14.8 Å². The van der Waals surface area contributed by atoms with Gasteiger partial charge in [0.1, 0.15) is 11.8 Å². The van der Waals surface area contributed by atoms with E-state index in [0.29, 0.717) is 37.5 Å². The highest BCUT2D eigenvalue weighted by Gasteiger charge is 2.26. The predicted molar refractivity (Wildman–Crippen MR) is 116 cm³/mol. The van der Waals surface area contributed by atoms with Gasteiger partial charge in [-0.2, -0.15) is 4.72 Å². The molecule has 2 aromatic carbocycles. The number of carbonyl (C=O) groups is 1. The molecule has 0 fully saturated rings. The Hall–Kier alpha value is -2.42. The third-order valence-corrected chi connectivity index (χ3v) is 5.95. The Morgan fingerprint density at radius 1 is 1.13 bits per heavy atom. The van der Waals surface area contributed by atoms with Gasteiger partial charge in [-0.25, -0.2) is 8.42 Å². The Labute approximate surface area is 178 Å². The van der Waals surface area contributed by atoms with Crippen LogP contribution in [0.25, 0.3) is 0 Å². The van der Waals surface area contributed by atoms with E-state index in [2.05, 4.69) is 10.0 Å². The quantitative estimate of drug-likeness (QED) is 0.501. The zero-order valence-corrected chi connectivity index (χ0v) is 18.5. The molecule has 0 aliphatic carbocycles. The standard InChI is InChI=1S/C22H30N2O5S/c1-4-29-21-12-11-19(15-17(21)2)30(26,27)24-20(16-18-9-6-5-7-10-18)22(25)23-13-8-14-28-3/h5-7,9-12,15,20,24H,4,8,13-14,16H2,1-3H3,(H,23,25)/t20-/m0/s1. The van der Waals surface area contributed by atoms with Crippen LogP contribution in [0.4, 0.5) is 0 Å². The zero-order valence-electron chi connectivity index (χ0n) is 17.7. The van der Waals surface area contributed by atoms with Crippen LogP contribution < -0.4 is 14.8 Å². The van der Waals surface area contributed by atoms with Gasteiger partial charge in [-0.05, 0) is 56.0 Å². The molecule has 0 saturated heterocycles. The van der Waals surface area contributed by atoms with Crippen LogP contribution in [0.3, 0.4) is 0 Å². The SMILES string of the molecule is CCOc1ccc(S(=O)(=O)N[C@@H](Cc2ccccc2)C(=O)NCCCOC)cc1C. The molecular formula is C22H30N2O5S. The summed E-state index contributed by atoms with van der Waals surface area (Å²) in [6.07, 6.45) is 0.886. The maximum absolute atomic E-state index is 13.0. The molecule has 0 spiro atoms. The first kappa shape index (κ1) is 23.9. The molecule has 0 heterocycles. The lowest BCUT2D eigenvalue weighted by atomic mass is 10.1. The highest BCUT2D eigenvalue weighted by atomic mass is 32.2. The summed E-state index contributed by atoms with van der Waals surface area (Å²) in [6.45, 7) is 5.06. The minimum Gasteiger partial charge on any atom is -0.494 e. The molecule has 0 radical (unpaired) electrons.